The van der Waals surface area contributed by atoms with Gasteiger partial charge in [0.15, 0.2) is 0 Å². The standard InChI is InChI=1S/C17H26N2OS/c1-4-19-17(16(18)20)6-5-15(10-17)21-11-14-8-12(2)7-13(3)9-14/h7-9,15,19H,4-6,10-11H2,1-3H3,(H2,18,20). The zero-order valence-electron chi connectivity index (χ0n) is 13.2. The molecule has 1 saturated carbocycles. The molecular weight excluding hydrogens is 280 g/mol. The fourth-order valence-electron chi connectivity index (χ4n) is 3.32. The van der Waals surface area contributed by atoms with Gasteiger partial charge in [-0.3, -0.25) is 4.79 Å². The summed E-state index contributed by atoms with van der Waals surface area (Å²) in [5, 5.41) is 3.83. The number of hydrogen-bond donors (Lipinski definition) is 2. The summed E-state index contributed by atoms with van der Waals surface area (Å²) >= 11 is 1.95. The first-order valence-electron chi connectivity index (χ1n) is 7.69. The molecule has 116 valence electrons. The number of carbonyl (C=O) groups is 1. The van der Waals surface area contributed by atoms with E-state index in [2.05, 4.69) is 37.4 Å². The van der Waals surface area contributed by atoms with Crippen LogP contribution in [0.15, 0.2) is 18.2 Å². The molecule has 2 atom stereocenters. The van der Waals surface area contributed by atoms with Crippen LogP contribution in [0.4, 0.5) is 0 Å². The summed E-state index contributed by atoms with van der Waals surface area (Å²) in [6, 6.07) is 6.70. The monoisotopic (exact) mass is 306 g/mol. The zero-order valence-corrected chi connectivity index (χ0v) is 14.1. The number of thioether (sulfide) groups is 1. The predicted octanol–water partition coefficient (Wildman–Crippen LogP) is 2.92. The molecule has 1 amide bonds. The second kappa shape index (κ2) is 6.84. The minimum absolute atomic E-state index is 0.196. The molecule has 0 saturated heterocycles. The van der Waals surface area contributed by atoms with Crippen molar-refractivity contribution >= 4 is 17.7 Å². The number of nitrogens with two attached hydrogens (primary N) is 1. The Bertz CT molecular complexity index is 497. The molecule has 2 unspecified atom stereocenters. The number of primary amides is 1. The number of benzene rings is 1. The smallest absolute Gasteiger partial charge is 0.237 e. The summed E-state index contributed by atoms with van der Waals surface area (Å²) in [5.74, 6) is 0.813. The highest BCUT2D eigenvalue weighted by Gasteiger charge is 2.43. The van der Waals surface area contributed by atoms with Gasteiger partial charge in [0.05, 0.1) is 5.54 Å². The van der Waals surface area contributed by atoms with Crippen molar-refractivity contribution in [2.75, 3.05) is 6.54 Å². The normalized spacial score (nSPS) is 25.2. The summed E-state index contributed by atoms with van der Waals surface area (Å²) in [7, 11) is 0. The van der Waals surface area contributed by atoms with Crippen molar-refractivity contribution in [1.29, 1.82) is 0 Å². The van der Waals surface area contributed by atoms with E-state index < -0.39 is 5.54 Å². The third-order valence-electron chi connectivity index (χ3n) is 4.22. The van der Waals surface area contributed by atoms with Crippen LogP contribution in [0.25, 0.3) is 0 Å². The van der Waals surface area contributed by atoms with Crippen molar-refractivity contribution in [3.8, 4) is 0 Å². The molecule has 3 nitrogen and oxygen atoms in total. The maximum absolute atomic E-state index is 11.8. The Kier molecular flexibility index (Phi) is 5.33. The summed E-state index contributed by atoms with van der Waals surface area (Å²) < 4.78 is 0. The van der Waals surface area contributed by atoms with Crippen LogP contribution in [0, 0.1) is 13.8 Å². The van der Waals surface area contributed by atoms with E-state index in [4.69, 9.17) is 5.73 Å². The minimum atomic E-state index is -0.477. The zero-order chi connectivity index (χ0) is 15.5. The molecule has 0 spiro atoms. The second-order valence-electron chi connectivity index (χ2n) is 6.15. The van der Waals surface area contributed by atoms with Gasteiger partial charge in [-0.1, -0.05) is 36.2 Å². The molecule has 4 heteroatoms. The maximum Gasteiger partial charge on any atom is 0.237 e. The summed E-state index contributed by atoms with van der Waals surface area (Å²) in [6.07, 6.45) is 2.78. The van der Waals surface area contributed by atoms with Gasteiger partial charge in [0.25, 0.3) is 0 Å². The number of nitrogens with one attached hydrogen (secondary N) is 1. The fraction of sp³-hybridized carbons (Fsp3) is 0.588. The van der Waals surface area contributed by atoms with Crippen LogP contribution in [0.5, 0.6) is 0 Å². The number of likely N-dealkylation sites (N-methyl/N-ethyl adjacent to an activating group) is 1. The van der Waals surface area contributed by atoms with E-state index in [0.717, 1.165) is 31.6 Å². The van der Waals surface area contributed by atoms with Crippen molar-refractivity contribution in [1.82, 2.24) is 5.32 Å². The highest BCUT2D eigenvalue weighted by atomic mass is 32.2. The number of rotatable bonds is 6. The van der Waals surface area contributed by atoms with Crippen molar-refractivity contribution in [3.63, 3.8) is 0 Å². The average molecular weight is 306 g/mol. The lowest BCUT2D eigenvalue weighted by molar-refractivity contribution is -0.124. The molecule has 1 aromatic rings. The van der Waals surface area contributed by atoms with Crippen molar-refractivity contribution in [2.45, 2.75) is 56.6 Å². The van der Waals surface area contributed by atoms with Gasteiger partial charge < -0.3 is 11.1 Å². The molecule has 3 N–H and O–H groups in total. The Hall–Kier alpha value is -1.00. The Balaban J connectivity index is 1.94. The highest BCUT2D eigenvalue weighted by Crippen LogP contribution is 2.38. The van der Waals surface area contributed by atoms with E-state index in [0.29, 0.717) is 5.25 Å². The van der Waals surface area contributed by atoms with Crippen LogP contribution in [0.1, 0.15) is 42.9 Å². The van der Waals surface area contributed by atoms with E-state index in [-0.39, 0.29) is 5.91 Å². The second-order valence-corrected chi connectivity index (χ2v) is 7.44. The predicted molar refractivity (Wildman–Crippen MR) is 90.5 cm³/mol. The van der Waals surface area contributed by atoms with E-state index in [1.165, 1.54) is 16.7 Å². The lowest BCUT2D eigenvalue weighted by Gasteiger charge is -2.26. The molecule has 2 rings (SSSR count). The van der Waals surface area contributed by atoms with E-state index in [1.807, 2.05) is 18.7 Å². The average Bonchev–Trinajstić information content (AvgIpc) is 2.81. The van der Waals surface area contributed by atoms with Crippen molar-refractivity contribution in [3.05, 3.63) is 34.9 Å². The molecule has 0 heterocycles. The molecule has 0 bridgehead atoms. The van der Waals surface area contributed by atoms with Gasteiger partial charge >= 0.3 is 0 Å². The van der Waals surface area contributed by atoms with Crippen LogP contribution in [-0.2, 0) is 10.5 Å². The Morgan fingerprint density at radius 2 is 2.05 bits per heavy atom. The van der Waals surface area contributed by atoms with E-state index >= 15 is 0 Å². The van der Waals surface area contributed by atoms with Gasteiger partial charge in [-0.2, -0.15) is 11.8 Å². The highest BCUT2D eigenvalue weighted by molar-refractivity contribution is 7.99. The Morgan fingerprint density at radius 1 is 1.38 bits per heavy atom. The first kappa shape index (κ1) is 16.4. The maximum atomic E-state index is 11.8. The minimum Gasteiger partial charge on any atom is -0.368 e. The summed E-state index contributed by atoms with van der Waals surface area (Å²) in [6.45, 7) is 7.10. The summed E-state index contributed by atoms with van der Waals surface area (Å²) in [5.41, 5.74) is 9.14. The van der Waals surface area contributed by atoms with Crippen LogP contribution >= 0.6 is 11.8 Å². The molecular formula is C17H26N2OS. The molecule has 0 aromatic heterocycles. The number of amides is 1. The summed E-state index contributed by atoms with van der Waals surface area (Å²) in [4.78, 5) is 11.8. The molecule has 0 radical (unpaired) electrons. The number of aryl methyl sites for hydroxylation is 2. The topological polar surface area (TPSA) is 55.1 Å². The largest absolute Gasteiger partial charge is 0.368 e. The van der Waals surface area contributed by atoms with Crippen LogP contribution < -0.4 is 11.1 Å². The molecule has 1 aliphatic carbocycles. The molecule has 1 aromatic carbocycles. The van der Waals surface area contributed by atoms with Gasteiger partial charge in [-0.25, -0.2) is 0 Å². The van der Waals surface area contributed by atoms with Crippen molar-refractivity contribution < 1.29 is 4.79 Å². The Morgan fingerprint density at radius 3 is 2.62 bits per heavy atom. The van der Waals surface area contributed by atoms with Crippen LogP contribution in [0.2, 0.25) is 0 Å². The number of carbonyl (C=O) groups excluding carboxylic acids is 1. The molecule has 21 heavy (non-hydrogen) atoms. The SMILES string of the molecule is CCNC1(C(N)=O)CCC(SCc2cc(C)cc(C)c2)C1. The first-order valence-corrected chi connectivity index (χ1v) is 8.74. The third-order valence-corrected chi connectivity index (χ3v) is 5.60. The number of hydrogen-bond acceptors (Lipinski definition) is 3. The molecule has 1 aliphatic rings. The Labute approximate surface area is 132 Å². The van der Waals surface area contributed by atoms with Gasteiger partial charge in [0.1, 0.15) is 0 Å². The van der Waals surface area contributed by atoms with Crippen molar-refractivity contribution in [2.24, 2.45) is 5.73 Å². The van der Waals surface area contributed by atoms with Gasteiger partial charge in [-0.05, 0) is 45.2 Å². The lowest BCUT2D eigenvalue weighted by Crippen LogP contribution is -2.53. The molecule has 1 fully saturated rings. The van der Waals surface area contributed by atoms with Crippen LogP contribution in [0.3, 0.4) is 0 Å². The lowest BCUT2D eigenvalue weighted by atomic mass is 9.97. The quantitative estimate of drug-likeness (QED) is 0.849. The van der Waals surface area contributed by atoms with Gasteiger partial charge in [-0.15, -0.1) is 0 Å². The van der Waals surface area contributed by atoms with Crippen LogP contribution in [-0.4, -0.2) is 23.2 Å². The van der Waals surface area contributed by atoms with Gasteiger partial charge in [0.2, 0.25) is 5.91 Å². The van der Waals surface area contributed by atoms with E-state index in [9.17, 15) is 4.79 Å². The third kappa shape index (κ3) is 4.01. The van der Waals surface area contributed by atoms with Gasteiger partial charge in [0, 0.05) is 11.0 Å². The van der Waals surface area contributed by atoms with E-state index in [1.54, 1.807) is 0 Å². The molecule has 0 aliphatic heterocycles. The first-order chi connectivity index (χ1) is 9.95. The fourth-order valence-corrected chi connectivity index (χ4v) is 4.60.